The van der Waals surface area contributed by atoms with Gasteiger partial charge in [-0.05, 0) is 157 Å². The average molecular weight is 1830 g/mol. The van der Waals surface area contributed by atoms with Gasteiger partial charge in [-0.25, -0.2) is 14.4 Å². The molecule has 716 valence electrons. The molecule has 7 aromatic rings. The van der Waals surface area contributed by atoms with Crippen LogP contribution in [-0.2, 0) is 66.5 Å². The van der Waals surface area contributed by atoms with Gasteiger partial charge < -0.3 is 106 Å². The lowest BCUT2D eigenvalue weighted by Gasteiger charge is -2.29. The predicted octanol–water partition coefficient (Wildman–Crippen LogP) is 6.23. The van der Waals surface area contributed by atoms with E-state index < -0.39 is 148 Å². The molecule has 16 atom stereocenters. The zero-order chi connectivity index (χ0) is 95.9. The SMILES string of the molecule is CC[C@H]1O[C@@H](n2cc(C)c(=O)[nH]c2=O)[C@@H](OCC(C)(C)OC)C1O.CC[C@H]1O[C@@H](n2cc(C)c(=O)[nH]c2=O)[C@@H](OCC(C)(C)OC)C1O.CC[C@H]1O[C@@H]2[C@H](Oc3nc(=O)c(C)cn32)C1O.COC(C)(C)CO.COC(C)(C)CO[C@H]1C(O)[C@@H](CO)O[C@H]1n1cc(C)c(=O)[nH]c1=O.COCC(C)(C)OC.COc1ccc(C(Cl)(c2ccccc2)c2ccc(OC)cc2)cc1. The maximum atomic E-state index is 12.1. The Balaban J connectivity index is 0.000000238. The van der Waals surface area contributed by atoms with Crippen molar-refractivity contribution in [1.29, 1.82) is 0 Å². The summed E-state index contributed by atoms with van der Waals surface area (Å²) in [5.74, 6) is 1.61. The molecule has 0 bridgehead atoms. The molecule has 0 saturated carbocycles. The van der Waals surface area contributed by atoms with E-state index >= 15 is 0 Å². The van der Waals surface area contributed by atoms with Crippen molar-refractivity contribution in [2.45, 2.75) is 268 Å². The molecule has 12 rings (SSSR count). The first kappa shape index (κ1) is 108. The summed E-state index contributed by atoms with van der Waals surface area (Å²) in [5, 5.41) is 59.1. The number of ether oxygens (including phenoxy) is 16. The number of nitrogens with one attached hydrogen (secondary N) is 3. The first-order valence-electron chi connectivity index (χ1n) is 42.1. The van der Waals surface area contributed by atoms with Crippen LogP contribution < -0.4 is 53.5 Å². The van der Waals surface area contributed by atoms with Crippen LogP contribution in [0.25, 0.3) is 0 Å². The molecule has 128 heavy (non-hydrogen) atoms. The molecule has 0 aliphatic carbocycles. The van der Waals surface area contributed by atoms with Crippen molar-refractivity contribution in [3.8, 4) is 17.5 Å². The molecule has 5 aliphatic heterocycles. The third-order valence-corrected chi connectivity index (χ3v) is 22.8. The number of hydrogen-bond acceptors (Lipinski definition) is 30. The molecule has 9 heterocycles. The molecule has 0 radical (unpaired) electrons. The van der Waals surface area contributed by atoms with Crippen LogP contribution in [0.2, 0.25) is 0 Å². The Bertz CT molecular complexity index is 4700. The highest BCUT2D eigenvalue weighted by molar-refractivity contribution is 6.28. The molecule has 3 aromatic carbocycles. The van der Waals surface area contributed by atoms with Crippen LogP contribution in [0.4, 0.5) is 0 Å². The highest BCUT2D eigenvalue weighted by atomic mass is 35.5. The van der Waals surface area contributed by atoms with Crippen LogP contribution >= 0.6 is 11.6 Å². The number of alkyl halides is 1. The number of aliphatic hydroxyl groups is 6. The topological polar surface area (TPSA) is 469 Å². The van der Waals surface area contributed by atoms with Crippen LogP contribution in [0.3, 0.4) is 0 Å². The standard InChI is InChI=1S/C21H19ClO2.2C16H26N2O6.C15H24N2O7.C11H14N2O4.C6H14O2.C5H12O2/c1-23-19-12-8-17(9-13-19)21(22,16-6-4-3-5-7-16)18-10-14-20(24-2)15-11-18;2*1-6-10-11(19)12(23-8-16(3,4)22-5)14(24-10)18-7-9(2)13(20)17-15(18)21;1-8-5-17(14(21)16-12(8)20)13-11(10(19)9(6-18)24-13)23-7-15(2,3)22-4;1-3-6-7(14)8-10(16-6)13-4-5(2)9(15)12-11(13)17-8;1-6(2,8-4)5-7-3;1-5(2,4-6)7-3/h3-15H,1-2H3;2*7,10-12,14,19H,6,8H2,1-5H3,(H,17,20,21);5,9-11,13,18-19H,6-7H2,1-4H3,(H,16,20,21);4,6-8,10,14H,3H2,1-2H3;5H2,1-4H3;6H,4H2,1-3H3/t;2*10-,11?,12+,14-;9-,10?,11+,13-;6-,7?,8-,10-;;/m.1111../s1. The highest BCUT2D eigenvalue weighted by Crippen LogP contribution is 2.45. The van der Waals surface area contributed by atoms with Gasteiger partial charge in [-0.3, -0.25) is 52.4 Å². The van der Waals surface area contributed by atoms with E-state index in [4.69, 9.17) is 92.5 Å². The Morgan fingerprint density at radius 3 is 1.02 bits per heavy atom. The lowest BCUT2D eigenvalue weighted by molar-refractivity contribution is -0.120. The van der Waals surface area contributed by atoms with E-state index in [1.54, 1.807) is 88.2 Å². The quantitative estimate of drug-likeness (QED) is 0.0185. The van der Waals surface area contributed by atoms with Crippen molar-refractivity contribution in [2.75, 3.05) is 96.5 Å². The fourth-order valence-electron chi connectivity index (χ4n) is 13.2. The third kappa shape index (κ3) is 28.3. The molecule has 4 saturated heterocycles. The number of aromatic nitrogens is 8. The minimum atomic E-state index is -1.13. The van der Waals surface area contributed by atoms with Gasteiger partial charge in [-0.15, -0.1) is 11.6 Å². The van der Waals surface area contributed by atoms with Crippen molar-refractivity contribution >= 4 is 11.6 Å². The van der Waals surface area contributed by atoms with Gasteiger partial charge in [0.2, 0.25) is 0 Å². The van der Waals surface area contributed by atoms with Crippen LogP contribution in [0, 0.1) is 27.7 Å². The number of halogens is 1. The van der Waals surface area contributed by atoms with Gasteiger partial charge in [0.1, 0.15) is 65.2 Å². The Morgan fingerprint density at radius 1 is 0.406 bits per heavy atom. The van der Waals surface area contributed by atoms with Gasteiger partial charge in [0.25, 0.3) is 22.2 Å². The zero-order valence-electron chi connectivity index (χ0n) is 78.1. The molecule has 0 amide bonds. The summed E-state index contributed by atoms with van der Waals surface area (Å²) in [6.45, 7) is 31.7. The second-order valence-electron chi connectivity index (χ2n) is 34.3. The highest BCUT2D eigenvalue weighted by Gasteiger charge is 2.52. The van der Waals surface area contributed by atoms with Crippen molar-refractivity contribution in [3.63, 3.8) is 0 Å². The van der Waals surface area contributed by atoms with Gasteiger partial charge in [0.05, 0.1) is 100 Å². The van der Waals surface area contributed by atoms with E-state index in [-0.39, 0.29) is 61.5 Å². The van der Waals surface area contributed by atoms with Crippen LogP contribution in [-0.4, -0.2) is 267 Å². The summed E-state index contributed by atoms with van der Waals surface area (Å²) in [6, 6.07) is 26.0. The van der Waals surface area contributed by atoms with Crippen molar-refractivity contribution in [1.82, 2.24) is 38.2 Å². The Kier molecular flexibility index (Phi) is 40.7. The van der Waals surface area contributed by atoms with Gasteiger partial charge in [-0.2, -0.15) is 4.98 Å². The number of H-pyrrole nitrogens is 3. The van der Waals surface area contributed by atoms with E-state index in [2.05, 4.69) is 19.9 Å². The molecule has 4 aromatic heterocycles. The summed E-state index contributed by atoms with van der Waals surface area (Å²) in [6.07, 6.45) is -3.73. The average Bonchev–Trinajstić information content (AvgIpc) is 1.59. The number of aliphatic hydroxyl groups excluding tert-OH is 6. The predicted molar refractivity (Wildman–Crippen MR) is 475 cm³/mol. The molecule has 38 heteroatoms. The molecular weight excluding hydrogens is 1690 g/mol. The smallest absolute Gasteiger partial charge is 0.330 e. The molecular formula is C90H135ClN8O29. The molecule has 4 fully saturated rings. The molecule has 4 unspecified atom stereocenters. The number of nitrogens with zero attached hydrogens (tertiary/aromatic N) is 5. The van der Waals surface area contributed by atoms with Gasteiger partial charge >= 0.3 is 23.1 Å². The number of fused-ring (bicyclic) bond motifs is 3. The maximum Gasteiger partial charge on any atom is 0.330 e. The number of aromatic amines is 3. The minimum absolute atomic E-state index is 0.0729. The van der Waals surface area contributed by atoms with Crippen LogP contribution in [0.1, 0.15) is 173 Å². The third-order valence-electron chi connectivity index (χ3n) is 22.2. The summed E-state index contributed by atoms with van der Waals surface area (Å²) in [4.78, 5) is 92.1. The summed E-state index contributed by atoms with van der Waals surface area (Å²) < 4.78 is 92.4. The Hall–Kier alpha value is -8.49. The molecule has 0 spiro atoms. The van der Waals surface area contributed by atoms with Crippen LogP contribution in [0.15, 0.2) is 137 Å². The molecule has 9 N–H and O–H groups in total. The molecule has 37 nitrogen and oxygen atoms in total. The summed E-state index contributed by atoms with van der Waals surface area (Å²) in [7, 11) is 12.9. The summed E-state index contributed by atoms with van der Waals surface area (Å²) in [5.41, 5.74) is -1.14. The number of benzene rings is 3. The number of rotatable bonds is 29. The lowest BCUT2D eigenvalue weighted by atomic mass is 9.84. The normalized spacial score (nSPS) is 23.6. The van der Waals surface area contributed by atoms with Crippen molar-refractivity contribution in [3.05, 3.63) is 215 Å². The van der Waals surface area contributed by atoms with E-state index in [0.29, 0.717) is 41.7 Å². The van der Waals surface area contributed by atoms with Gasteiger partial charge in [-0.1, -0.05) is 75.4 Å². The van der Waals surface area contributed by atoms with E-state index in [1.807, 2.05) is 169 Å². The number of hydrogen-bond donors (Lipinski definition) is 9. The minimum Gasteiger partial charge on any atom is -0.497 e. The molecule has 5 aliphatic rings. The monoisotopic (exact) mass is 1830 g/mol. The van der Waals surface area contributed by atoms with Crippen molar-refractivity contribution < 1.29 is 106 Å². The Labute approximate surface area is 750 Å². The largest absolute Gasteiger partial charge is 0.497 e. The second-order valence-corrected chi connectivity index (χ2v) is 34.9. The van der Waals surface area contributed by atoms with Gasteiger partial charge in [0.15, 0.2) is 31.0 Å². The summed E-state index contributed by atoms with van der Waals surface area (Å²) >= 11 is 7.22. The first-order chi connectivity index (χ1) is 60.1. The van der Waals surface area contributed by atoms with E-state index in [0.717, 1.165) is 39.2 Å². The lowest BCUT2D eigenvalue weighted by Crippen LogP contribution is -2.42. The number of aryl methyl sites for hydroxylation is 4. The Morgan fingerprint density at radius 2 is 0.719 bits per heavy atom. The fraction of sp³-hybridized carbons (Fsp3) is 0.622. The number of methoxy groups -OCH3 is 8. The van der Waals surface area contributed by atoms with Gasteiger partial charge in [0, 0.05) is 89.7 Å². The van der Waals surface area contributed by atoms with Crippen molar-refractivity contribution in [2.24, 2.45) is 0 Å². The van der Waals surface area contributed by atoms with Crippen LogP contribution in [0.5, 0.6) is 17.5 Å². The van der Waals surface area contributed by atoms with E-state index in [1.165, 1.54) is 34.8 Å². The first-order valence-corrected chi connectivity index (χ1v) is 42.4. The fourth-order valence-corrected chi connectivity index (χ4v) is 13.6. The second kappa shape index (κ2) is 48.1. The maximum absolute atomic E-state index is 12.1. The van der Waals surface area contributed by atoms with E-state index in [9.17, 15) is 59.1 Å². The zero-order valence-corrected chi connectivity index (χ0v) is 78.9.